The summed E-state index contributed by atoms with van der Waals surface area (Å²) in [6.07, 6.45) is -6.03. The van der Waals surface area contributed by atoms with Gasteiger partial charge < -0.3 is 5.11 Å². The van der Waals surface area contributed by atoms with E-state index >= 15 is 0 Å². The monoisotopic (exact) mass is 410 g/mol. The molecule has 0 saturated heterocycles. The van der Waals surface area contributed by atoms with E-state index in [1.54, 1.807) is 12.1 Å². The van der Waals surface area contributed by atoms with Crippen molar-refractivity contribution in [3.8, 4) is 0 Å². The number of hydrogen-bond donors (Lipinski definition) is 1. The normalized spacial score (nSPS) is 13.3. The van der Waals surface area contributed by atoms with Crippen molar-refractivity contribution in [1.82, 2.24) is 0 Å². The minimum atomic E-state index is -4.79. The van der Waals surface area contributed by atoms with Crippen LogP contribution in [-0.4, -0.2) is 5.11 Å². The first-order chi connectivity index (χ1) is 9.71. The van der Waals surface area contributed by atoms with Gasteiger partial charge in [0.1, 0.15) is 11.9 Å². The molecule has 0 saturated carbocycles. The molecule has 1 N–H and O–H groups in total. The van der Waals surface area contributed by atoms with Crippen LogP contribution in [-0.2, 0) is 6.18 Å². The number of halogens is 5. The fourth-order valence-electron chi connectivity index (χ4n) is 1.99. The van der Waals surface area contributed by atoms with Gasteiger partial charge in [-0.3, -0.25) is 0 Å². The molecule has 1 unspecified atom stereocenters. The molecule has 0 heterocycles. The summed E-state index contributed by atoms with van der Waals surface area (Å²) < 4.78 is 52.2. The number of aliphatic hydroxyl groups is 1. The Balaban J connectivity index is 2.49. The van der Waals surface area contributed by atoms with Gasteiger partial charge in [0.05, 0.1) is 5.56 Å². The summed E-state index contributed by atoms with van der Waals surface area (Å²) in [5.74, 6) is -1.35. The Morgan fingerprint density at radius 1 is 1.14 bits per heavy atom. The zero-order chi connectivity index (χ0) is 15.8. The molecule has 0 amide bonds. The number of benzene rings is 2. The number of alkyl halides is 3. The molecule has 2 aromatic rings. The molecule has 2 rings (SSSR count). The Morgan fingerprint density at radius 2 is 1.81 bits per heavy atom. The van der Waals surface area contributed by atoms with Crippen LogP contribution in [0.2, 0.25) is 0 Å². The van der Waals surface area contributed by atoms with Crippen molar-refractivity contribution in [2.45, 2.75) is 19.2 Å². The van der Waals surface area contributed by atoms with Crippen molar-refractivity contribution in [2.24, 2.45) is 0 Å². The number of aryl methyl sites for hydroxylation is 1. The average Bonchev–Trinajstić information content (AvgIpc) is 2.40. The van der Waals surface area contributed by atoms with E-state index in [0.29, 0.717) is 11.6 Å². The summed E-state index contributed by atoms with van der Waals surface area (Å²) in [5.41, 5.74) is 0.0367. The maximum atomic E-state index is 13.3. The first kappa shape index (κ1) is 16.2. The lowest BCUT2D eigenvalue weighted by Gasteiger charge is -2.17. The first-order valence-electron chi connectivity index (χ1n) is 6.01. The summed E-state index contributed by atoms with van der Waals surface area (Å²) in [6, 6.07) is 7.72. The molecule has 0 aliphatic carbocycles. The van der Waals surface area contributed by atoms with E-state index in [4.69, 9.17) is 0 Å². The second-order valence-electron chi connectivity index (χ2n) is 4.62. The van der Waals surface area contributed by atoms with Crippen molar-refractivity contribution in [2.75, 3.05) is 0 Å². The second-order valence-corrected chi connectivity index (χ2v) is 5.70. The zero-order valence-corrected chi connectivity index (χ0v) is 13.0. The Hall–Kier alpha value is -1.15. The van der Waals surface area contributed by atoms with Gasteiger partial charge in [-0.1, -0.05) is 24.3 Å². The van der Waals surface area contributed by atoms with Gasteiger partial charge in [0.2, 0.25) is 0 Å². The molecule has 2 aromatic carbocycles. The SMILES string of the molecule is Cc1cccc(C(O)c2ccc(F)c(C(F)(F)F)c2)c1I. The maximum absolute atomic E-state index is 13.3. The van der Waals surface area contributed by atoms with Crippen LogP contribution in [0.3, 0.4) is 0 Å². The minimum absolute atomic E-state index is 0.00670. The van der Waals surface area contributed by atoms with Gasteiger partial charge in [-0.15, -0.1) is 0 Å². The quantitative estimate of drug-likeness (QED) is 0.555. The Labute approximate surface area is 132 Å². The molecule has 0 aromatic heterocycles. The van der Waals surface area contributed by atoms with Gasteiger partial charge in [-0.25, -0.2) is 4.39 Å². The van der Waals surface area contributed by atoms with Crippen LogP contribution in [0.4, 0.5) is 17.6 Å². The smallest absolute Gasteiger partial charge is 0.384 e. The molecule has 0 spiro atoms. The minimum Gasteiger partial charge on any atom is -0.384 e. The Bertz CT molecular complexity index is 667. The van der Waals surface area contributed by atoms with Gasteiger partial charge in [-0.2, -0.15) is 13.2 Å². The van der Waals surface area contributed by atoms with Crippen LogP contribution in [0.25, 0.3) is 0 Å². The van der Waals surface area contributed by atoms with Crippen LogP contribution in [0.1, 0.15) is 28.4 Å². The van der Waals surface area contributed by atoms with Crippen LogP contribution in [0.15, 0.2) is 36.4 Å². The lowest BCUT2D eigenvalue weighted by atomic mass is 9.98. The molecule has 1 atom stereocenters. The molecule has 0 aliphatic rings. The van der Waals surface area contributed by atoms with E-state index < -0.39 is 23.7 Å². The predicted octanol–water partition coefficient (Wildman–Crippen LogP) is 4.84. The summed E-state index contributed by atoms with van der Waals surface area (Å²) in [5, 5.41) is 10.3. The summed E-state index contributed by atoms with van der Waals surface area (Å²) in [7, 11) is 0. The molecule has 21 heavy (non-hydrogen) atoms. The van der Waals surface area contributed by atoms with Crippen LogP contribution in [0.5, 0.6) is 0 Å². The van der Waals surface area contributed by atoms with Crippen LogP contribution >= 0.6 is 22.6 Å². The third-order valence-electron chi connectivity index (χ3n) is 3.13. The van der Waals surface area contributed by atoms with Crippen molar-refractivity contribution in [1.29, 1.82) is 0 Å². The number of aliphatic hydroxyl groups excluding tert-OH is 1. The van der Waals surface area contributed by atoms with Crippen molar-refractivity contribution < 1.29 is 22.7 Å². The van der Waals surface area contributed by atoms with Crippen molar-refractivity contribution >= 4 is 22.6 Å². The fourth-order valence-corrected chi connectivity index (χ4v) is 2.65. The molecule has 0 aliphatic heterocycles. The van der Waals surface area contributed by atoms with Gasteiger partial charge in [0.15, 0.2) is 0 Å². The van der Waals surface area contributed by atoms with Gasteiger partial charge >= 0.3 is 6.18 Å². The topological polar surface area (TPSA) is 20.2 Å². The highest BCUT2D eigenvalue weighted by Crippen LogP contribution is 2.35. The highest BCUT2D eigenvalue weighted by molar-refractivity contribution is 14.1. The third kappa shape index (κ3) is 3.37. The van der Waals surface area contributed by atoms with Gasteiger partial charge in [-0.05, 0) is 58.3 Å². The van der Waals surface area contributed by atoms with Crippen molar-refractivity contribution in [3.05, 3.63) is 68.0 Å². The van der Waals surface area contributed by atoms with Crippen LogP contribution in [0, 0.1) is 16.3 Å². The molecule has 6 heteroatoms. The second kappa shape index (κ2) is 5.92. The Kier molecular flexibility index (Phi) is 4.57. The summed E-state index contributed by atoms with van der Waals surface area (Å²) in [4.78, 5) is 0. The fraction of sp³-hybridized carbons (Fsp3) is 0.200. The molecule has 1 nitrogen and oxygen atoms in total. The molecule has 112 valence electrons. The predicted molar refractivity (Wildman–Crippen MR) is 79.4 cm³/mol. The van der Waals surface area contributed by atoms with E-state index in [1.165, 1.54) is 0 Å². The van der Waals surface area contributed by atoms with Crippen molar-refractivity contribution in [3.63, 3.8) is 0 Å². The van der Waals surface area contributed by atoms with Crippen LogP contribution < -0.4 is 0 Å². The lowest BCUT2D eigenvalue weighted by molar-refractivity contribution is -0.140. The molecule has 0 bridgehead atoms. The standard InChI is InChI=1S/C15H11F4IO/c1-8-3-2-4-10(13(8)20)14(21)9-5-6-12(16)11(7-9)15(17,18)19/h2-7,14,21H,1H3. The van der Waals surface area contributed by atoms with E-state index in [-0.39, 0.29) is 5.56 Å². The molecule has 0 radical (unpaired) electrons. The van der Waals surface area contributed by atoms with Gasteiger partial charge in [0.25, 0.3) is 0 Å². The molecule has 0 fully saturated rings. The van der Waals surface area contributed by atoms with Gasteiger partial charge in [0, 0.05) is 3.57 Å². The molecular formula is C15H11F4IO. The third-order valence-corrected chi connectivity index (χ3v) is 4.60. The van der Waals surface area contributed by atoms with E-state index in [0.717, 1.165) is 21.3 Å². The molecular weight excluding hydrogens is 399 g/mol. The summed E-state index contributed by atoms with van der Waals surface area (Å²) in [6.45, 7) is 1.84. The van der Waals surface area contributed by atoms with E-state index in [2.05, 4.69) is 0 Å². The zero-order valence-electron chi connectivity index (χ0n) is 10.9. The largest absolute Gasteiger partial charge is 0.419 e. The lowest BCUT2D eigenvalue weighted by Crippen LogP contribution is -2.11. The summed E-state index contributed by atoms with van der Waals surface area (Å²) >= 11 is 2.02. The van der Waals surface area contributed by atoms with E-state index in [9.17, 15) is 22.7 Å². The average molecular weight is 410 g/mol. The van der Waals surface area contributed by atoms with E-state index in [1.807, 2.05) is 35.6 Å². The Morgan fingerprint density at radius 3 is 2.43 bits per heavy atom. The maximum Gasteiger partial charge on any atom is 0.419 e. The number of rotatable bonds is 2. The number of hydrogen-bond acceptors (Lipinski definition) is 1. The highest BCUT2D eigenvalue weighted by atomic mass is 127. The highest BCUT2D eigenvalue weighted by Gasteiger charge is 2.34. The first-order valence-corrected chi connectivity index (χ1v) is 7.09.